The number of rotatable bonds is 8. The number of aliphatic hydroxyl groups excluding tert-OH is 1. The van der Waals surface area contributed by atoms with Gasteiger partial charge in [0.25, 0.3) is 0 Å². The zero-order chi connectivity index (χ0) is 23.5. The van der Waals surface area contributed by atoms with E-state index < -0.39 is 12.0 Å². The number of likely N-dealkylation sites (tertiary alicyclic amines) is 1. The third-order valence-corrected chi connectivity index (χ3v) is 7.13. The Hall–Kier alpha value is -2.05. The summed E-state index contributed by atoms with van der Waals surface area (Å²) in [6.07, 6.45) is 3.96. The molecular weight excluding hydrogens is 457 g/mol. The Labute approximate surface area is 205 Å². The summed E-state index contributed by atoms with van der Waals surface area (Å²) in [6.45, 7) is 3.72. The van der Waals surface area contributed by atoms with Crippen molar-refractivity contribution in [3.63, 3.8) is 0 Å². The summed E-state index contributed by atoms with van der Waals surface area (Å²) in [4.78, 5) is 20.7. The molecule has 1 aromatic heterocycles. The average molecular weight is 488 g/mol. The van der Waals surface area contributed by atoms with Crippen molar-refractivity contribution in [2.24, 2.45) is 5.92 Å². The third-order valence-electron chi connectivity index (χ3n) is 6.70. The molecule has 1 aliphatic rings. The van der Waals surface area contributed by atoms with E-state index in [1.54, 1.807) is 13.0 Å². The van der Waals surface area contributed by atoms with Crippen LogP contribution in [0.5, 0.6) is 0 Å². The first-order valence-electron chi connectivity index (χ1n) is 11.5. The molecule has 4 rings (SSSR count). The van der Waals surface area contributed by atoms with Crippen LogP contribution in [0.25, 0.3) is 10.9 Å². The van der Waals surface area contributed by atoms with Crippen molar-refractivity contribution in [3.05, 3.63) is 69.8 Å². The third kappa shape index (κ3) is 5.55. The fraction of sp³-hybridized carbons (Fsp3) is 0.423. The lowest BCUT2D eigenvalue weighted by Crippen LogP contribution is -2.56. The number of aryl methyl sites for hydroxylation is 1. The van der Waals surface area contributed by atoms with Crippen molar-refractivity contribution in [3.8, 4) is 0 Å². The number of carbonyl (C=O) groups excluding carboxylic acids is 1. The average Bonchev–Trinajstić information content (AvgIpc) is 3.16. The molecule has 0 radical (unpaired) electrons. The van der Waals surface area contributed by atoms with Crippen molar-refractivity contribution in [2.45, 2.75) is 44.9 Å². The number of nitrogens with zero attached hydrogens (tertiary/aromatic N) is 2. The van der Waals surface area contributed by atoms with Gasteiger partial charge in [0.1, 0.15) is 0 Å². The maximum atomic E-state index is 13.3. The molecule has 7 heteroatoms. The van der Waals surface area contributed by atoms with Gasteiger partial charge in [-0.15, -0.1) is 0 Å². The van der Waals surface area contributed by atoms with Gasteiger partial charge in [-0.25, -0.2) is 0 Å². The van der Waals surface area contributed by atoms with Gasteiger partial charge in [-0.1, -0.05) is 41.4 Å². The van der Waals surface area contributed by atoms with Crippen LogP contribution in [0.4, 0.5) is 0 Å². The molecule has 0 saturated carbocycles. The van der Waals surface area contributed by atoms with Gasteiger partial charge in [-0.05, 0) is 68.6 Å². The number of benzene rings is 2. The zero-order valence-electron chi connectivity index (χ0n) is 19.1. The summed E-state index contributed by atoms with van der Waals surface area (Å²) >= 11 is 12.3. The number of halogens is 2. The van der Waals surface area contributed by atoms with E-state index in [1.165, 1.54) is 10.9 Å². The predicted octanol–water partition coefficient (Wildman–Crippen LogP) is 5.14. The molecule has 3 atom stereocenters. The highest BCUT2D eigenvalue weighted by molar-refractivity contribution is 6.34. The zero-order valence-corrected chi connectivity index (χ0v) is 20.6. The number of piperidine rings is 1. The molecule has 1 aliphatic heterocycles. The molecule has 2 heterocycles. The van der Waals surface area contributed by atoms with Crippen molar-refractivity contribution in [1.29, 1.82) is 0 Å². The molecule has 0 aliphatic carbocycles. The lowest BCUT2D eigenvalue weighted by Gasteiger charge is -2.43. The van der Waals surface area contributed by atoms with Gasteiger partial charge in [0.05, 0.1) is 12.0 Å². The number of para-hydroxylation sites is 1. The number of hydrogen-bond donors (Lipinski definition) is 2. The predicted molar refractivity (Wildman–Crippen MR) is 135 cm³/mol. The van der Waals surface area contributed by atoms with Gasteiger partial charge >= 0.3 is 0 Å². The fourth-order valence-electron chi connectivity index (χ4n) is 5.10. The van der Waals surface area contributed by atoms with Crippen molar-refractivity contribution < 1.29 is 9.90 Å². The lowest BCUT2D eigenvalue weighted by molar-refractivity contribution is -0.147. The highest BCUT2D eigenvalue weighted by Crippen LogP contribution is 2.29. The maximum Gasteiger partial charge on any atom is 0.229 e. The van der Waals surface area contributed by atoms with E-state index >= 15 is 0 Å². The van der Waals surface area contributed by atoms with Crippen LogP contribution in [-0.4, -0.2) is 58.1 Å². The van der Waals surface area contributed by atoms with Crippen LogP contribution < -0.4 is 0 Å². The van der Waals surface area contributed by atoms with E-state index in [0.29, 0.717) is 29.7 Å². The van der Waals surface area contributed by atoms with E-state index in [9.17, 15) is 9.90 Å². The molecule has 3 aromatic rings. The second kappa shape index (κ2) is 10.5. The smallest absolute Gasteiger partial charge is 0.229 e. The van der Waals surface area contributed by atoms with E-state index in [-0.39, 0.29) is 11.9 Å². The van der Waals surface area contributed by atoms with Crippen molar-refractivity contribution in [2.75, 3.05) is 20.1 Å². The summed E-state index contributed by atoms with van der Waals surface area (Å²) in [6, 6.07) is 13.7. The number of fused-ring (bicyclic) bond motifs is 1. The highest BCUT2D eigenvalue weighted by Gasteiger charge is 2.41. The Morgan fingerprint density at radius 3 is 2.67 bits per heavy atom. The minimum atomic E-state index is -0.718. The summed E-state index contributed by atoms with van der Waals surface area (Å²) in [5.74, 6) is -0.414. The fourth-order valence-corrected chi connectivity index (χ4v) is 5.68. The number of carbonyl (C=O) groups is 1. The van der Waals surface area contributed by atoms with E-state index in [4.69, 9.17) is 23.2 Å². The van der Waals surface area contributed by atoms with E-state index in [2.05, 4.69) is 34.3 Å². The maximum absolute atomic E-state index is 13.3. The van der Waals surface area contributed by atoms with Crippen LogP contribution in [0, 0.1) is 5.92 Å². The van der Waals surface area contributed by atoms with Gasteiger partial charge in [0.2, 0.25) is 5.91 Å². The monoisotopic (exact) mass is 487 g/mol. The minimum absolute atomic E-state index is 0.0381. The largest absolute Gasteiger partial charge is 0.393 e. The van der Waals surface area contributed by atoms with Gasteiger partial charge in [0.15, 0.2) is 0 Å². The van der Waals surface area contributed by atoms with Crippen LogP contribution in [0.3, 0.4) is 0 Å². The SMILES string of the molecule is CC(O)C1C(=O)N(CCCc2c[nH]c3ccccc23)CC[C@@H]1N(C)Cc1cc(Cl)cc(Cl)c1. The van der Waals surface area contributed by atoms with Crippen LogP contribution in [0.2, 0.25) is 10.0 Å². The van der Waals surface area contributed by atoms with E-state index in [0.717, 1.165) is 30.3 Å². The van der Waals surface area contributed by atoms with Crippen LogP contribution in [0.15, 0.2) is 48.7 Å². The molecule has 5 nitrogen and oxygen atoms in total. The molecule has 2 unspecified atom stereocenters. The van der Waals surface area contributed by atoms with E-state index in [1.807, 2.05) is 30.1 Å². The van der Waals surface area contributed by atoms with Crippen LogP contribution >= 0.6 is 23.2 Å². The Kier molecular flexibility index (Phi) is 7.65. The molecule has 2 aromatic carbocycles. The van der Waals surface area contributed by atoms with Crippen molar-refractivity contribution in [1.82, 2.24) is 14.8 Å². The van der Waals surface area contributed by atoms with Crippen LogP contribution in [-0.2, 0) is 17.8 Å². The highest BCUT2D eigenvalue weighted by atomic mass is 35.5. The molecule has 2 N–H and O–H groups in total. The second-order valence-corrected chi connectivity index (χ2v) is 9.98. The lowest BCUT2D eigenvalue weighted by atomic mass is 9.85. The molecule has 1 saturated heterocycles. The number of aromatic nitrogens is 1. The molecule has 1 amide bonds. The molecule has 33 heavy (non-hydrogen) atoms. The summed E-state index contributed by atoms with van der Waals surface area (Å²) in [5.41, 5.74) is 3.41. The number of aromatic amines is 1. The molecule has 1 fully saturated rings. The molecule has 0 bridgehead atoms. The van der Waals surface area contributed by atoms with Crippen molar-refractivity contribution >= 4 is 40.0 Å². The number of H-pyrrole nitrogens is 1. The number of nitrogens with one attached hydrogen (secondary N) is 1. The Balaban J connectivity index is 1.38. The number of amides is 1. The summed E-state index contributed by atoms with van der Waals surface area (Å²) < 4.78 is 0. The Bertz CT molecular complexity index is 1090. The first-order chi connectivity index (χ1) is 15.8. The number of aliphatic hydroxyl groups is 1. The van der Waals surface area contributed by atoms with Crippen LogP contribution in [0.1, 0.15) is 30.9 Å². The molecule has 176 valence electrons. The Morgan fingerprint density at radius 1 is 1.21 bits per heavy atom. The first kappa shape index (κ1) is 24.1. The topological polar surface area (TPSA) is 59.6 Å². The number of hydrogen-bond acceptors (Lipinski definition) is 3. The van der Waals surface area contributed by atoms with Gasteiger partial charge < -0.3 is 15.0 Å². The molecular formula is C26H31Cl2N3O2. The van der Waals surface area contributed by atoms with Gasteiger partial charge in [0, 0.05) is 52.8 Å². The standard InChI is InChI=1S/C26H31Cl2N3O2/c1-17(32)25-24(30(2)16-18-12-20(27)14-21(28)13-18)9-11-31(26(25)33)10-5-6-19-15-29-23-8-4-3-7-22(19)23/h3-4,7-8,12-15,17,24-25,29,32H,5-6,9-11,16H2,1-2H3/t17?,24-,25?/m0/s1. The minimum Gasteiger partial charge on any atom is -0.393 e. The molecule has 0 spiro atoms. The summed E-state index contributed by atoms with van der Waals surface area (Å²) in [5, 5.41) is 12.9. The quantitative estimate of drug-likeness (QED) is 0.462. The normalized spacial score (nSPS) is 20.1. The second-order valence-electron chi connectivity index (χ2n) is 9.10. The van der Waals surface area contributed by atoms with Gasteiger partial charge in [-0.3, -0.25) is 9.69 Å². The Morgan fingerprint density at radius 2 is 1.94 bits per heavy atom. The first-order valence-corrected chi connectivity index (χ1v) is 12.3. The van der Waals surface area contributed by atoms with Gasteiger partial charge in [-0.2, -0.15) is 0 Å². The summed E-state index contributed by atoms with van der Waals surface area (Å²) in [7, 11) is 1.99.